The fourth-order valence-electron chi connectivity index (χ4n) is 1.96. The van der Waals surface area contributed by atoms with Crippen molar-refractivity contribution in [1.29, 1.82) is 0 Å². The van der Waals surface area contributed by atoms with Gasteiger partial charge in [-0.2, -0.15) is 0 Å². The van der Waals surface area contributed by atoms with Gasteiger partial charge in [0.05, 0.1) is 11.6 Å². The number of benzene rings is 2. The molecule has 2 aromatic carbocycles. The smallest absolute Gasteiger partial charge is 0.238 e. The van der Waals surface area contributed by atoms with Gasteiger partial charge in [0.1, 0.15) is 5.82 Å². The van der Waals surface area contributed by atoms with Crippen LogP contribution in [0.4, 0.5) is 10.1 Å². The highest BCUT2D eigenvalue weighted by Gasteiger charge is 2.11. The Labute approximate surface area is 142 Å². The first-order valence-corrected chi connectivity index (χ1v) is 7.87. The topological polar surface area (TPSA) is 41.1 Å². The minimum atomic E-state index is -0.514. The molecule has 0 spiro atoms. The summed E-state index contributed by atoms with van der Waals surface area (Å²) in [5, 5.41) is 5.78. The average Bonchev–Trinajstić information content (AvgIpc) is 2.49. The summed E-state index contributed by atoms with van der Waals surface area (Å²) < 4.78 is 14.0. The molecule has 0 aliphatic carbocycles. The molecule has 0 aromatic heterocycles. The Morgan fingerprint density at radius 1 is 1.32 bits per heavy atom. The molecule has 0 fully saturated rings. The van der Waals surface area contributed by atoms with Crippen LogP contribution in [0.5, 0.6) is 0 Å². The molecule has 0 aliphatic rings. The van der Waals surface area contributed by atoms with Crippen LogP contribution in [0.3, 0.4) is 0 Å². The van der Waals surface area contributed by atoms with Crippen LogP contribution in [-0.2, 0) is 4.79 Å². The van der Waals surface area contributed by atoms with E-state index in [-0.39, 0.29) is 23.5 Å². The molecule has 0 heterocycles. The molecule has 22 heavy (non-hydrogen) atoms. The number of hydrogen-bond donors (Lipinski definition) is 2. The normalized spacial score (nSPS) is 12.0. The van der Waals surface area contributed by atoms with Crippen molar-refractivity contribution in [2.75, 3.05) is 11.9 Å². The van der Waals surface area contributed by atoms with Crippen molar-refractivity contribution < 1.29 is 9.18 Å². The minimum Gasteiger partial charge on any atom is -0.325 e. The molecule has 0 saturated carbocycles. The van der Waals surface area contributed by atoms with Gasteiger partial charge in [-0.05, 0) is 36.8 Å². The second-order valence-electron chi connectivity index (χ2n) is 4.80. The monoisotopic (exact) mass is 384 g/mol. The first-order valence-electron chi connectivity index (χ1n) is 6.70. The van der Waals surface area contributed by atoms with E-state index in [0.29, 0.717) is 5.69 Å². The lowest BCUT2D eigenvalue weighted by Crippen LogP contribution is -2.30. The number of rotatable bonds is 5. The van der Waals surface area contributed by atoms with E-state index < -0.39 is 5.82 Å². The number of halogens is 3. The van der Waals surface area contributed by atoms with E-state index >= 15 is 0 Å². The molecule has 116 valence electrons. The van der Waals surface area contributed by atoms with Crippen LogP contribution >= 0.6 is 27.5 Å². The van der Waals surface area contributed by atoms with Gasteiger partial charge in [0.25, 0.3) is 0 Å². The van der Waals surface area contributed by atoms with Gasteiger partial charge in [0.2, 0.25) is 5.91 Å². The van der Waals surface area contributed by atoms with Crippen LogP contribution < -0.4 is 10.6 Å². The molecule has 2 N–H and O–H groups in total. The zero-order valence-corrected chi connectivity index (χ0v) is 14.2. The summed E-state index contributed by atoms with van der Waals surface area (Å²) in [6.45, 7) is 2.11. The van der Waals surface area contributed by atoms with Crippen molar-refractivity contribution in [2.24, 2.45) is 0 Å². The van der Waals surface area contributed by atoms with Gasteiger partial charge in [-0.1, -0.05) is 45.7 Å². The number of nitrogens with one attached hydrogen (secondary N) is 2. The molecule has 2 aromatic rings. The fourth-order valence-corrected chi connectivity index (χ4v) is 2.77. The number of anilines is 1. The van der Waals surface area contributed by atoms with Crippen LogP contribution in [0, 0.1) is 5.82 Å². The maximum atomic E-state index is 13.1. The maximum absolute atomic E-state index is 13.1. The van der Waals surface area contributed by atoms with Crippen LogP contribution in [0.15, 0.2) is 46.9 Å². The lowest BCUT2D eigenvalue weighted by Gasteiger charge is -2.15. The van der Waals surface area contributed by atoms with E-state index in [9.17, 15) is 9.18 Å². The van der Waals surface area contributed by atoms with Gasteiger partial charge in [0.15, 0.2) is 0 Å². The highest BCUT2D eigenvalue weighted by atomic mass is 79.9. The standard InChI is InChI=1S/C16H15BrClFN2O/c1-10(12-4-2-3-5-13(12)17)20-9-16(22)21-11-6-7-15(19)14(18)8-11/h2-8,10,20H,9H2,1H3,(H,21,22)/t10-/m1/s1. The SMILES string of the molecule is C[C@@H](NCC(=O)Nc1ccc(F)c(Cl)c1)c1ccccc1Br. The molecular weight excluding hydrogens is 371 g/mol. The summed E-state index contributed by atoms with van der Waals surface area (Å²) in [4.78, 5) is 11.9. The lowest BCUT2D eigenvalue weighted by molar-refractivity contribution is -0.115. The van der Waals surface area contributed by atoms with Gasteiger partial charge in [0, 0.05) is 16.2 Å². The van der Waals surface area contributed by atoms with Crippen LogP contribution in [-0.4, -0.2) is 12.5 Å². The van der Waals surface area contributed by atoms with Crippen molar-refractivity contribution in [3.63, 3.8) is 0 Å². The molecular formula is C16H15BrClFN2O. The third kappa shape index (κ3) is 4.53. The summed E-state index contributed by atoms with van der Waals surface area (Å²) in [5.74, 6) is -0.734. The van der Waals surface area contributed by atoms with Crippen LogP contribution in [0.25, 0.3) is 0 Å². The molecule has 1 amide bonds. The van der Waals surface area contributed by atoms with E-state index in [1.807, 2.05) is 31.2 Å². The number of carbonyl (C=O) groups is 1. The van der Waals surface area contributed by atoms with Gasteiger partial charge in [-0.3, -0.25) is 4.79 Å². The Bertz CT molecular complexity index is 681. The Kier molecular flexibility index (Phi) is 5.94. The summed E-state index contributed by atoms with van der Waals surface area (Å²) in [5.41, 5.74) is 1.53. The fraction of sp³-hybridized carbons (Fsp3) is 0.188. The number of carbonyl (C=O) groups excluding carboxylic acids is 1. The van der Waals surface area contributed by atoms with Crippen molar-refractivity contribution in [3.8, 4) is 0 Å². The average molecular weight is 386 g/mol. The highest BCUT2D eigenvalue weighted by Crippen LogP contribution is 2.22. The van der Waals surface area contributed by atoms with Gasteiger partial charge in [-0.15, -0.1) is 0 Å². The lowest BCUT2D eigenvalue weighted by atomic mass is 10.1. The van der Waals surface area contributed by atoms with Crippen molar-refractivity contribution in [2.45, 2.75) is 13.0 Å². The minimum absolute atomic E-state index is 0.0122. The highest BCUT2D eigenvalue weighted by molar-refractivity contribution is 9.10. The quantitative estimate of drug-likeness (QED) is 0.794. The molecule has 0 unspecified atom stereocenters. The van der Waals surface area contributed by atoms with Gasteiger partial charge >= 0.3 is 0 Å². The first-order chi connectivity index (χ1) is 10.5. The summed E-state index contributed by atoms with van der Waals surface area (Å²) >= 11 is 9.16. The predicted octanol–water partition coefficient (Wildman–Crippen LogP) is 4.53. The van der Waals surface area contributed by atoms with Gasteiger partial charge in [-0.25, -0.2) is 4.39 Å². The van der Waals surface area contributed by atoms with Crippen LogP contribution in [0.2, 0.25) is 5.02 Å². The summed E-state index contributed by atoms with van der Waals surface area (Å²) in [6, 6.07) is 11.9. The maximum Gasteiger partial charge on any atom is 0.238 e. The Hall–Kier alpha value is -1.43. The first kappa shape index (κ1) is 16.9. The van der Waals surface area contributed by atoms with E-state index in [0.717, 1.165) is 10.0 Å². The van der Waals surface area contributed by atoms with Crippen molar-refractivity contribution >= 4 is 39.1 Å². The third-order valence-electron chi connectivity index (χ3n) is 3.14. The molecule has 0 saturated heterocycles. The summed E-state index contributed by atoms with van der Waals surface area (Å²) in [7, 11) is 0. The largest absolute Gasteiger partial charge is 0.325 e. The van der Waals surface area contributed by atoms with Gasteiger partial charge < -0.3 is 10.6 Å². The zero-order chi connectivity index (χ0) is 16.1. The Morgan fingerprint density at radius 2 is 2.05 bits per heavy atom. The number of amides is 1. The second-order valence-corrected chi connectivity index (χ2v) is 6.06. The van der Waals surface area contributed by atoms with Crippen molar-refractivity contribution in [1.82, 2.24) is 5.32 Å². The van der Waals surface area contributed by atoms with E-state index in [2.05, 4.69) is 26.6 Å². The molecule has 3 nitrogen and oxygen atoms in total. The van der Waals surface area contributed by atoms with Crippen LogP contribution in [0.1, 0.15) is 18.5 Å². The molecule has 1 atom stereocenters. The predicted molar refractivity (Wildman–Crippen MR) is 90.6 cm³/mol. The molecule has 0 radical (unpaired) electrons. The Morgan fingerprint density at radius 3 is 2.73 bits per heavy atom. The second kappa shape index (κ2) is 7.72. The number of hydrogen-bond acceptors (Lipinski definition) is 2. The van der Waals surface area contributed by atoms with E-state index in [1.165, 1.54) is 18.2 Å². The summed E-state index contributed by atoms with van der Waals surface area (Å²) in [6.07, 6.45) is 0. The zero-order valence-electron chi connectivity index (χ0n) is 11.9. The Balaban J connectivity index is 1.90. The van der Waals surface area contributed by atoms with E-state index in [4.69, 9.17) is 11.6 Å². The molecule has 0 bridgehead atoms. The molecule has 6 heteroatoms. The van der Waals surface area contributed by atoms with Crippen molar-refractivity contribution in [3.05, 3.63) is 63.3 Å². The molecule has 0 aliphatic heterocycles. The van der Waals surface area contributed by atoms with E-state index in [1.54, 1.807) is 0 Å². The third-order valence-corrected chi connectivity index (χ3v) is 4.16. The molecule has 2 rings (SSSR count).